The van der Waals surface area contributed by atoms with Crippen molar-refractivity contribution in [2.24, 2.45) is 7.05 Å². The molecular formula is C16H19N3O2. The van der Waals surface area contributed by atoms with E-state index in [9.17, 15) is 9.90 Å². The Balaban J connectivity index is 1.84. The molecule has 2 heterocycles. The number of hydrogen-bond donors (Lipinski definition) is 1. The molecule has 1 aliphatic heterocycles. The summed E-state index contributed by atoms with van der Waals surface area (Å²) in [5.41, 5.74) is 0.984. The molecule has 1 atom stereocenters. The standard InChI is InChI=1S/C16H19N3O2/c1-12-5-3-4-6-13(12)16(21)7-9-19(11-16)15(20)14-17-8-10-18(14)2/h3-6,8,10,21H,7,9,11H2,1-2H3. The smallest absolute Gasteiger partial charge is 0.289 e. The maximum atomic E-state index is 12.5. The average molecular weight is 285 g/mol. The van der Waals surface area contributed by atoms with E-state index in [-0.39, 0.29) is 5.91 Å². The van der Waals surface area contributed by atoms with E-state index < -0.39 is 5.60 Å². The number of carbonyl (C=O) groups is 1. The van der Waals surface area contributed by atoms with Crippen molar-refractivity contribution in [1.82, 2.24) is 14.5 Å². The van der Waals surface area contributed by atoms with Gasteiger partial charge >= 0.3 is 0 Å². The molecule has 1 aromatic carbocycles. The molecule has 0 bridgehead atoms. The summed E-state index contributed by atoms with van der Waals surface area (Å²) < 4.78 is 1.70. The van der Waals surface area contributed by atoms with Gasteiger partial charge < -0.3 is 14.6 Å². The van der Waals surface area contributed by atoms with E-state index in [1.807, 2.05) is 31.2 Å². The van der Waals surface area contributed by atoms with Crippen molar-refractivity contribution in [3.63, 3.8) is 0 Å². The normalized spacial score (nSPS) is 21.8. The Morgan fingerprint density at radius 3 is 2.81 bits per heavy atom. The number of imidazole rings is 1. The number of benzene rings is 1. The average Bonchev–Trinajstić information content (AvgIpc) is 3.06. The second-order valence-corrected chi connectivity index (χ2v) is 5.68. The molecule has 1 aliphatic rings. The van der Waals surface area contributed by atoms with Crippen LogP contribution in [0.5, 0.6) is 0 Å². The number of likely N-dealkylation sites (tertiary alicyclic amines) is 1. The largest absolute Gasteiger partial charge is 0.383 e. The highest BCUT2D eigenvalue weighted by atomic mass is 16.3. The van der Waals surface area contributed by atoms with Crippen molar-refractivity contribution in [3.05, 3.63) is 53.6 Å². The number of carbonyl (C=O) groups excluding carboxylic acids is 1. The van der Waals surface area contributed by atoms with Crippen LogP contribution < -0.4 is 0 Å². The molecule has 1 amide bonds. The quantitative estimate of drug-likeness (QED) is 0.909. The Morgan fingerprint density at radius 1 is 1.38 bits per heavy atom. The van der Waals surface area contributed by atoms with Crippen molar-refractivity contribution in [1.29, 1.82) is 0 Å². The predicted molar refractivity (Wildman–Crippen MR) is 78.8 cm³/mol. The monoisotopic (exact) mass is 285 g/mol. The second-order valence-electron chi connectivity index (χ2n) is 5.68. The first-order valence-corrected chi connectivity index (χ1v) is 7.06. The van der Waals surface area contributed by atoms with Gasteiger partial charge in [0.1, 0.15) is 5.60 Å². The van der Waals surface area contributed by atoms with Crippen molar-refractivity contribution in [2.75, 3.05) is 13.1 Å². The molecular weight excluding hydrogens is 266 g/mol. The Morgan fingerprint density at radius 2 is 2.14 bits per heavy atom. The van der Waals surface area contributed by atoms with Crippen molar-refractivity contribution < 1.29 is 9.90 Å². The van der Waals surface area contributed by atoms with E-state index in [0.717, 1.165) is 11.1 Å². The third-order valence-corrected chi connectivity index (χ3v) is 4.19. The van der Waals surface area contributed by atoms with Crippen LogP contribution in [0.4, 0.5) is 0 Å². The molecule has 0 saturated carbocycles. The van der Waals surface area contributed by atoms with Gasteiger partial charge in [0.2, 0.25) is 0 Å². The van der Waals surface area contributed by atoms with E-state index in [1.165, 1.54) is 0 Å². The lowest BCUT2D eigenvalue weighted by Gasteiger charge is -2.25. The SMILES string of the molecule is Cc1ccccc1C1(O)CCN(C(=O)c2nccn2C)C1. The number of aliphatic hydroxyl groups is 1. The summed E-state index contributed by atoms with van der Waals surface area (Å²) in [5, 5.41) is 10.9. The topological polar surface area (TPSA) is 58.4 Å². The van der Waals surface area contributed by atoms with E-state index in [1.54, 1.807) is 28.9 Å². The highest BCUT2D eigenvalue weighted by Crippen LogP contribution is 2.34. The summed E-state index contributed by atoms with van der Waals surface area (Å²) in [6.45, 7) is 2.83. The Bertz CT molecular complexity index is 680. The van der Waals surface area contributed by atoms with Crippen LogP contribution in [0, 0.1) is 6.92 Å². The van der Waals surface area contributed by atoms with Gasteiger partial charge in [0, 0.05) is 26.0 Å². The van der Waals surface area contributed by atoms with Crippen LogP contribution in [0.2, 0.25) is 0 Å². The molecule has 0 spiro atoms. The van der Waals surface area contributed by atoms with Gasteiger partial charge in [0.05, 0.1) is 6.54 Å². The van der Waals surface area contributed by atoms with Gasteiger partial charge in [-0.15, -0.1) is 0 Å². The van der Waals surface area contributed by atoms with Crippen LogP contribution in [0.3, 0.4) is 0 Å². The summed E-state index contributed by atoms with van der Waals surface area (Å²) >= 11 is 0. The van der Waals surface area contributed by atoms with Crippen LogP contribution in [-0.4, -0.2) is 38.6 Å². The Kier molecular flexibility index (Phi) is 3.29. The van der Waals surface area contributed by atoms with E-state index in [0.29, 0.717) is 25.3 Å². The van der Waals surface area contributed by atoms with Crippen LogP contribution >= 0.6 is 0 Å². The summed E-state index contributed by atoms with van der Waals surface area (Å²) in [7, 11) is 1.80. The van der Waals surface area contributed by atoms with Crippen LogP contribution in [0.1, 0.15) is 28.2 Å². The summed E-state index contributed by atoms with van der Waals surface area (Å²) in [6.07, 6.45) is 3.90. The molecule has 3 rings (SSSR count). The summed E-state index contributed by atoms with van der Waals surface area (Å²) in [4.78, 5) is 18.2. The maximum absolute atomic E-state index is 12.5. The number of rotatable bonds is 2. The molecule has 5 nitrogen and oxygen atoms in total. The molecule has 110 valence electrons. The predicted octanol–water partition coefficient (Wildman–Crippen LogP) is 1.46. The Hall–Kier alpha value is -2.14. The molecule has 1 aromatic heterocycles. The molecule has 1 N–H and O–H groups in total. The third kappa shape index (κ3) is 2.34. The lowest BCUT2D eigenvalue weighted by molar-refractivity contribution is 0.0407. The zero-order valence-corrected chi connectivity index (χ0v) is 12.3. The van der Waals surface area contributed by atoms with Crippen molar-refractivity contribution >= 4 is 5.91 Å². The fourth-order valence-electron chi connectivity index (χ4n) is 3.00. The molecule has 2 aromatic rings. The number of amides is 1. The van der Waals surface area contributed by atoms with Crippen LogP contribution in [-0.2, 0) is 12.6 Å². The highest BCUT2D eigenvalue weighted by molar-refractivity contribution is 5.91. The fourth-order valence-corrected chi connectivity index (χ4v) is 3.00. The lowest BCUT2D eigenvalue weighted by Crippen LogP contribution is -2.35. The number of aryl methyl sites for hydroxylation is 2. The Labute approximate surface area is 123 Å². The van der Waals surface area contributed by atoms with Gasteiger partial charge in [0.25, 0.3) is 5.91 Å². The van der Waals surface area contributed by atoms with Gasteiger partial charge in [0.15, 0.2) is 5.82 Å². The highest BCUT2D eigenvalue weighted by Gasteiger charge is 2.41. The van der Waals surface area contributed by atoms with Crippen LogP contribution in [0.25, 0.3) is 0 Å². The van der Waals surface area contributed by atoms with Gasteiger partial charge in [-0.2, -0.15) is 0 Å². The minimum atomic E-state index is -0.966. The summed E-state index contributed by atoms with van der Waals surface area (Å²) in [5.74, 6) is 0.274. The maximum Gasteiger partial charge on any atom is 0.289 e. The molecule has 0 radical (unpaired) electrons. The molecule has 1 fully saturated rings. The first kappa shape index (κ1) is 13.8. The minimum Gasteiger partial charge on any atom is -0.383 e. The zero-order chi connectivity index (χ0) is 15.0. The molecule has 1 saturated heterocycles. The van der Waals surface area contributed by atoms with E-state index in [4.69, 9.17) is 0 Å². The lowest BCUT2D eigenvalue weighted by atomic mass is 9.89. The first-order valence-electron chi connectivity index (χ1n) is 7.06. The minimum absolute atomic E-state index is 0.132. The number of nitrogens with zero attached hydrogens (tertiary/aromatic N) is 3. The molecule has 5 heteroatoms. The second kappa shape index (κ2) is 5.00. The van der Waals surface area contributed by atoms with Gasteiger partial charge in [-0.1, -0.05) is 24.3 Å². The fraction of sp³-hybridized carbons (Fsp3) is 0.375. The van der Waals surface area contributed by atoms with Gasteiger partial charge in [-0.05, 0) is 24.5 Å². The van der Waals surface area contributed by atoms with E-state index in [2.05, 4.69) is 4.98 Å². The molecule has 0 aliphatic carbocycles. The van der Waals surface area contributed by atoms with E-state index >= 15 is 0 Å². The molecule has 21 heavy (non-hydrogen) atoms. The zero-order valence-electron chi connectivity index (χ0n) is 12.3. The third-order valence-electron chi connectivity index (χ3n) is 4.19. The van der Waals surface area contributed by atoms with Gasteiger partial charge in [-0.3, -0.25) is 4.79 Å². The van der Waals surface area contributed by atoms with Crippen molar-refractivity contribution in [2.45, 2.75) is 18.9 Å². The number of aromatic nitrogens is 2. The number of β-amino-alcohol motifs (C(OH)–C–C–N with tert-alkyl or cyclic N) is 1. The van der Waals surface area contributed by atoms with Gasteiger partial charge in [-0.25, -0.2) is 4.98 Å². The molecule has 1 unspecified atom stereocenters. The number of hydrogen-bond acceptors (Lipinski definition) is 3. The first-order chi connectivity index (χ1) is 10.0. The van der Waals surface area contributed by atoms with Crippen LogP contribution in [0.15, 0.2) is 36.7 Å². The summed E-state index contributed by atoms with van der Waals surface area (Å²) in [6, 6.07) is 7.79. The van der Waals surface area contributed by atoms with Crippen molar-refractivity contribution in [3.8, 4) is 0 Å².